The first-order valence-corrected chi connectivity index (χ1v) is 7.72. The van der Waals surface area contributed by atoms with E-state index in [0.29, 0.717) is 5.56 Å². The number of ether oxygens (including phenoxy) is 1. The minimum absolute atomic E-state index is 0.0810. The van der Waals surface area contributed by atoms with Crippen LogP contribution in [0.4, 0.5) is 0 Å². The van der Waals surface area contributed by atoms with Crippen LogP contribution in [0.1, 0.15) is 19.4 Å². The zero-order chi connectivity index (χ0) is 15.9. The number of nitrogens with two attached hydrogens (primary N) is 1. The van der Waals surface area contributed by atoms with Crippen molar-refractivity contribution in [2.24, 2.45) is 5.73 Å². The molecule has 1 rings (SSSR count). The van der Waals surface area contributed by atoms with Gasteiger partial charge in [-0.1, -0.05) is 11.8 Å². The maximum atomic E-state index is 12.1. The molecule has 0 aliphatic rings. The Kier molecular flexibility index (Phi) is 6.30. The second kappa shape index (κ2) is 7.73. The lowest BCUT2D eigenvalue weighted by Crippen LogP contribution is -2.39. The summed E-state index contributed by atoms with van der Waals surface area (Å²) in [4.78, 5) is 15.2. The van der Waals surface area contributed by atoms with Crippen LogP contribution in [0.3, 0.4) is 0 Å². The summed E-state index contributed by atoms with van der Waals surface area (Å²) in [5.41, 5.74) is 5.68. The molecule has 21 heavy (non-hydrogen) atoms. The van der Waals surface area contributed by atoms with Gasteiger partial charge in [-0.3, -0.25) is 9.78 Å². The Morgan fingerprint density at radius 2 is 2.24 bits per heavy atom. The lowest BCUT2D eigenvalue weighted by atomic mass is 10.3. The van der Waals surface area contributed by atoms with E-state index in [-0.39, 0.29) is 18.0 Å². The van der Waals surface area contributed by atoms with Gasteiger partial charge in [-0.15, -0.1) is 0 Å². The van der Waals surface area contributed by atoms with E-state index in [1.54, 1.807) is 6.92 Å². The number of rotatable bonds is 5. The van der Waals surface area contributed by atoms with Crippen molar-refractivity contribution in [2.45, 2.75) is 24.8 Å². The fourth-order valence-electron chi connectivity index (χ4n) is 1.40. The number of hydrogen-bond donors (Lipinski definition) is 2. The molecule has 3 N–H and O–H groups in total. The van der Waals surface area contributed by atoms with E-state index in [4.69, 9.17) is 10.5 Å². The Morgan fingerprint density at radius 1 is 1.52 bits per heavy atom. The average Bonchev–Trinajstić information content (AvgIpc) is 2.45. The number of nitrogens with zero attached hydrogens (tertiary/aromatic N) is 1. The largest absolute Gasteiger partial charge is 0.465 e. The molecule has 0 saturated carbocycles. The van der Waals surface area contributed by atoms with E-state index in [1.807, 2.05) is 0 Å². The highest BCUT2D eigenvalue weighted by Crippen LogP contribution is 2.10. The molecule has 0 fully saturated rings. The number of sulfonamides is 1. The molecule has 0 spiro atoms. The first-order valence-electron chi connectivity index (χ1n) is 6.23. The molecule has 0 amide bonds. The third-order valence-corrected chi connectivity index (χ3v) is 3.84. The maximum absolute atomic E-state index is 12.1. The van der Waals surface area contributed by atoms with Gasteiger partial charge in [0.2, 0.25) is 10.0 Å². The SMILES string of the molecule is CCOC(=O)C(C)NS(=O)(=O)c1cncc(C#CCN)c1. The van der Waals surface area contributed by atoms with E-state index < -0.39 is 22.0 Å². The van der Waals surface area contributed by atoms with Crippen molar-refractivity contribution >= 4 is 16.0 Å². The quantitative estimate of drug-likeness (QED) is 0.566. The van der Waals surface area contributed by atoms with E-state index in [0.717, 1.165) is 0 Å². The van der Waals surface area contributed by atoms with Crippen LogP contribution < -0.4 is 10.5 Å². The summed E-state index contributed by atoms with van der Waals surface area (Å²) in [6.45, 7) is 3.38. The lowest BCUT2D eigenvalue weighted by Gasteiger charge is -2.12. The normalized spacial score (nSPS) is 12.1. The average molecular weight is 311 g/mol. The Bertz CT molecular complexity index is 661. The first-order chi connectivity index (χ1) is 9.90. The molecule has 0 saturated heterocycles. The van der Waals surface area contributed by atoms with Crippen molar-refractivity contribution in [3.8, 4) is 11.8 Å². The zero-order valence-electron chi connectivity index (χ0n) is 11.8. The van der Waals surface area contributed by atoms with Gasteiger partial charge in [0.1, 0.15) is 10.9 Å². The number of hydrogen-bond acceptors (Lipinski definition) is 6. The molecular formula is C13H17N3O4S. The Balaban J connectivity index is 2.95. The van der Waals surface area contributed by atoms with E-state index in [2.05, 4.69) is 21.5 Å². The third kappa shape index (κ3) is 5.15. The number of pyridine rings is 1. The molecule has 0 radical (unpaired) electrons. The molecule has 114 valence electrons. The summed E-state index contributed by atoms with van der Waals surface area (Å²) in [5, 5.41) is 0. The fourth-order valence-corrected chi connectivity index (χ4v) is 2.58. The summed E-state index contributed by atoms with van der Waals surface area (Å²) in [6.07, 6.45) is 2.60. The molecule has 1 aromatic heterocycles. The fraction of sp³-hybridized carbons (Fsp3) is 0.385. The molecule has 1 unspecified atom stereocenters. The van der Waals surface area contributed by atoms with Gasteiger partial charge in [0.15, 0.2) is 0 Å². The minimum Gasteiger partial charge on any atom is -0.465 e. The van der Waals surface area contributed by atoms with Crippen LogP contribution in [-0.2, 0) is 19.6 Å². The molecule has 0 aliphatic heterocycles. The van der Waals surface area contributed by atoms with Gasteiger partial charge in [-0.2, -0.15) is 4.72 Å². The summed E-state index contributed by atoms with van der Waals surface area (Å²) in [7, 11) is -3.88. The van der Waals surface area contributed by atoms with Crippen molar-refractivity contribution in [1.82, 2.24) is 9.71 Å². The Labute approximate surface area is 123 Å². The Hall–Kier alpha value is -1.95. The van der Waals surface area contributed by atoms with Crippen molar-refractivity contribution in [3.05, 3.63) is 24.0 Å². The zero-order valence-corrected chi connectivity index (χ0v) is 12.6. The second-order valence-corrected chi connectivity index (χ2v) is 5.72. The van der Waals surface area contributed by atoms with Gasteiger partial charge >= 0.3 is 5.97 Å². The van der Waals surface area contributed by atoms with Crippen molar-refractivity contribution in [1.29, 1.82) is 0 Å². The van der Waals surface area contributed by atoms with Crippen LogP contribution in [0.2, 0.25) is 0 Å². The minimum atomic E-state index is -3.88. The van der Waals surface area contributed by atoms with Crippen LogP contribution in [0.5, 0.6) is 0 Å². The monoisotopic (exact) mass is 311 g/mol. The number of carbonyl (C=O) groups is 1. The second-order valence-electron chi connectivity index (χ2n) is 4.01. The molecule has 8 heteroatoms. The van der Waals surface area contributed by atoms with Crippen LogP contribution >= 0.6 is 0 Å². The number of nitrogens with one attached hydrogen (secondary N) is 1. The standard InChI is InChI=1S/C13H17N3O4S/c1-3-20-13(17)10(2)16-21(18,19)12-7-11(5-4-6-14)8-15-9-12/h7-10,16H,3,6,14H2,1-2H3. The first kappa shape index (κ1) is 17.1. The summed E-state index contributed by atoms with van der Waals surface area (Å²) in [5.74, 6) is 4.65. The highest BCUT2D eigenvalue weighted by molar-refractivity contribution is 7.89. The van der Waals surface area contributed by atoms with Gasteiger partial charge in [-0.05, 0) is 19.9 Å². The van der Waals surface area contributed by atoms with Crippen LogP contribution in [0, 0.1) is 11.8 Å². The molecule has 7 nitrogen and oxygen atoms in total. The molecule has 1 heterocycles. The topological polar surface area (TPSA) is 111 Å². The molecule has 0 bridgehead atoms. The Morgan fingerprint density at radius 3 is 2.86 bits per heavy atom. The lowest BCUT2D eigenvalue weighted by molar-refractivity contribution is -0.144. The van der Waals surface area contributed by atoms with Crippen LogP contribution in [0.25, 0.3) is 0 Å². The molecule has 0 aliphatic carbocycles. The van der Waals surface area contributed by atoms with Gasteiger partial charge in [0, 0.05) is 18.0 Å². The summed E-state index contributed by atoms with van der Waals surface area (Å²) >= 11 is 0. The number of carbonyl (C=O) groups excluding carboxylic acids is 1. The smallest absolute Gasteiger partial charge is 0.323 e. The van der Waals surface area contributed by atoms with E-state index in [1.165, 1.54) is 25.4 Å². The maximum Gasteiger partial charge on any atom is 0.323 e. The van der Waals surface area contributed by atoms with Gasteiger partial charge < -0.3 is 10.5 Å². The van der Waals surface area contributed by atoms with Crippen LogP contribution in [-0.4, -0.2) is 38.6 Å². The van der Waals surface area contributed by atoms with Crippen molar-refractivity contribution in [2.75, 3.05) is 13.2 Å². The van der Waals surface area contributed by atoms with Crippen molar-refractivity contribution < 1.29 is 17.9 Å². The third-order valence-electron chi connectivity index (χ3n) is 2.33. The van der Waals surface area contributed by atoms with Crippen molar-refractivity contribution in [3.63, 3.8) is 0 Å². The number of esters is 1. The van der Waals surface area contributed by atoms with Crippen LogP contribution in [0.15, 0.2) is 23.4 Å². The predicted molar refractivity (Wildman–Crippen MR) is 76.6 cm³/mol. The molecule has 1 aromatic rings. The highest BCUT2D eigenvalue weighted by Gasteiger charge is 2.23. The van der Waals surface area contributed by atoms with E-state index >= 15 is 0 Å². The molecular weight excluding hydrogens is 294 g/mol. The van der Waals surface area contributed by atoms with Gasteiger partial charge in [-0.25, -0.2) is 8.42 Å². The summed E-state index contributed by atoms with van der Waals surface area (Å²) < 4.78 is 31.3. The van der Waals surface area contributed by atoms with Gasteiger partial charge in [0.25, 0.3) is 0 Å². The molecule has 1 atom stereocenters. The highest BCUT2D eigenvalue weighted by atomic mass is 32.2. The van der Waals surface area contributed by atoms with Gasteiger partial charge in [0.05, 0.1) is 13.2 Å². The predicted octanol–water partition coefficient (Wildman–Crippen LogP) is -0.378. The molecule has 0 aromatic carbocycles. The number of aromatic nitrogens is 1. The summed E-state index contributed by atoms with van der Waals surface area (Å²) in [6, 6.07) is 0.365. The van der Waals surface area contributed by atoms with E-state index in [9.17, 15) is 13.2 Å².